The summed E-state index contributed by atoms with van der Waals surface area (Å²) in [4.78, 5) is 29.5. The molecule has 3 aromatic rings. The number of halogens is 4. The predicted octanol–water partition coefficient (Wildman–Crippen LogP) is 3.75. The van der Waals surface area contributed by atoms with E-state index in [0.29, 0.717) is 0 Å². The SMILES string of the molecule is Cc1[nH]c2c(C(F)(F)F)c(F)nc(-c3ccccc3)c2c(=O)c1C(=O)O. The average Bonchev–Trinajstić information content (AvgIpc) is 2.52. The van der Waals surface area contributed by atoms with Crippen molar-refractivity contribution in [2.24, 2.45) is 0 Å². The van der Waals surface area contributed by atoms with E-state index in [-0.39, 0.29) is 17.0 Å². The Kier molecular flexibility index (Phi) is 4.02. The van der Waals surface area contributed by atoms with Gasteiger partial charge in [-0.05, 0) is 6.92 Å². The molecule has 0 unspecified atom stereocenters. The highest BCUT2D eigenvalue weighted by molar-refractivity contribution is 5.99. The molecule has 0 radical (unpaired) electrons. The Morgan fingerprint density at radius 1 is 1.19 bits per heavy atom. The number of H-pyrrole nitrogens is 1. The van der Waals surface area contributed by atoms with Crippen molar-refractivity contribution in [1.29, 1.82) is 0 Å². The molecule has 2 heterocycles. The zero-order valence-electron chi connectivity index (χ0n) is 13.1. The summed E-state index contributed by atoms with van der Waals surface area (Å²) in [6.45, 7) is 1.13. The minimum absolute atomic E-state index is 0.177. The van der Waals surface area contributed by atoms with Crippen LogP contribution in [0.1, 0.15) is 21.6 Å². The second-order valence-corrected chi connectivity index (χ2v) is 5.50. The van der Waals surface area contributed by atoms with Crippen molar-refractivity contribution in [2.45, 2.75) is 13.1 Å². The van der Waals surface area contributed by atoms with E-state index < -0.39 is 45.6 Å². The first-order chi connectivity index (χ1) is 12.1. The van der Waals surface area contributed by atoms with Gasteiger partial charge in [0.2, 0.25) is 11.4 Å². The Morgan fingerprint density at radius 3 is 2.35 bits per heavy atom. The molecule has 0 saturated heterocycles. The van der Waals surface area contributed by atoms with E-state index in [0.717, 1.165) is 6.92 Å². The van der Waals surface area contributed by atoms with Gasteiger partial charge in [-0.1, -0.05) is 30.3 Å². The van der Waals surface area contributed by atoms with Crippen molar-refractivity contribution in [3.63, 3.8) is 0 Å². The number of aromatic nitrogens is 2. The molecule has 0 aliphatic heterocycles. The normalized spacial score (nSPS) is 11.7. The van der Waals surface area contributed by atoms with Crippen LogP contribution in [0.5, 0.6) is 0 Å². The number of nitrogens with one attached hydrogen (secondary N) is 1. The van der Waals surface area contributed by atoms with Crippen LogP contribution >= 0.6 is 0 Å². The van der Waals surface area contributed by atoms with E-state index in [1.165, 1.54) is 24.3 Å². The first-order valence-electron chi connectivity index (χ1n) is 7.25. The number of carboxylic acid groups (broad SMARTS) is 1. The van der Waals surface area contributed by atoms with Crippen LogP contribution in [0.3, 0.4) is 0 Å². The Labute approximate surface area is 142 Å². The molecular weight excluding hydrogens is 356 g/mol. The zero-order chi connectivity index (χ0) is 19.2. The number of aromatic amines is 1. The van der Waals surface area contributed by atoms with Crippen LogP contribution in [0.2, 0.25) is 0 Å². The molecule has 134 valence electrons. The third-order valence-corrected chi connectivity index (χ3v) is 3.84. The maximum absolute atomic E-state index is 14.2. The fourth-order valence-corrected chi connectivity index (χ4v) is 2.77. The standard InChI is InChI=1S/C17H10F4N2O3/c1-7-9(16(25)26)14(24)10-12(8-5-3-2-4-6-8)23-15(18)11(13(10)22-7)17(19,20)21/h2-6H,1H3,(H,22,24)(H,25,26). The molecular formula is C17H10F4N2O3. The molecule has 1 aromatic carbocycles. The number of hydrogen-bond acceptors (Lipinski definition) is 3. The number of pyridine rings is 2. The summed E-state index contributed by atoms with van der Waals surface area (Å²) in [5.41, 5.74) is -4.98. The Bertz CT molecular complexity index is 1090. The van der Waals surface area contributed by atoms with E-state index in [4.69, 9.17) is 0 Å². The minimum Gasteiger partial charge on any atom is -0.477 e. The van der Waals surface area contributed by atoms with Crippen LogP contribution < -0.4 is 5.43 Å². The fourth-order valence-electron chi connectivity index (χ4n) is 2.77. The van der Waals surface area contributed by atoms with E-state index >= 15 is 0 Å². The van der Waals surface area contributed by atoms with Crippen LogP contribution in [0.4, 0.5) is 17.6 Å². The number of carboxylic acids is 1. The lowest BCUT2D eigenvalue weighted by atomic mass is 10.0. The maximum Gasteiger partial charge on any atom is 0.422 e. The van der Waals surface area contributed by atoms with E-state index in [1.807, 2.05) is 0 Å². The summed E-state index contributed by atoms with van der Waals surface area (Å²) in [7, 11) is 0. The van der Waals surface area contributed by atoms with Crippen molar-refractivity contribution in [3.05, 3.63) is 63.3 Å². The lowest BCUT2D eigenvalue weighted by Gasteiger charge is -2.15. The van der Waals surface area contributed by atoms with Crippen molar-refractivity contribution < 1.29 is 27.5 Å². The van der Waals surface area contributed by atoms with E-state index in [9.17, 15) is 32.3 Å². The second kappa shape index (κ2) is 5.94. The molecule has 0 amide bonds. The van der Waals surface area contributed by atoms with Crippen molar-refractivity contribution in [2.75, 3.05) is 0 Å². The van der Waals surface area contributed by atoms with Gasteiger partial charge in [0.25, 0.3) is 0 Å². The van der Waals surface area contributed by atoms with Gasteiger partial charge in [0.1, 0.15) is 11.1 Å². The van der Waals surface area contributed by atoms with Gasteiger partial charge >= 0.3 is 12.1 Å². The van der Waals surface area contributed by atoms with Gasteiger partial charge in [-0.3, -0.25) is 4.79 Å². The first-order valence-corrected chi connectivity index (χ1v) is 7.25. The molecule has 9 heteroatoms. The quantitative estimate of drug-likeness (QED) is 0.534. The van der Waals surface area contributed by atoms with Crippen LogP contribution in [0, 0.1) is 12.9 Å². The van der Waals surface area contributed by atoms with Crippen LogP contribution in [-0.2, 0) is 6.18 Å². The Balaban J connectivity index is 2.61. The predicted molar refractivity (Wildman–Crippen MR) is 84.5 cm³/mol. The summed E-state index contributed by atoms with van der Waals surface area (Å²) in [5.74, 6) is -3.41. The summed E-state index contributed by atoms with van der Waals surface area (Å²) >= 11 is 0. The lowest BCUT2D eigenvalue weighted by Crippen LogP contribution is -2.22. The average molecular weight is 366 g/mol. The van der Waals surface area contributed by atoms with E-state index in [2.05, 4.69) is 9.97 Å². The Hall–Kier alpha value is -3.23. The zero-order valence-corrected chi connectivity index (χ0v) is 13.1. The Morgan fingerprint density at radius 2 is 1.81 bits per heavy atom. The van der Waals surface area contributed by atoms with Gasteiger partial charge in [-0.25, -0.2) is 9.78 Å². The van der Waals surface area contributed by atoms with Gasteiger partial charge in [0.05, 0.1) is 16.6 Å². The largest absolute Gasteiger partial charge is 0.477 e. The summed E-state index contributed by atoms with van der Waals surface area (Å²) < 4.78 is 54.2. The fraction of sp³-hybridized carbons (Fsp3) is 0.118. The summed E-state index contributed by atoms with van der Waals surface area (Å²) in [6.07, 6.45) is -5.13. The number of nitrogens with zero attached hydrogens (tertiary/aromatic N) is 1. The second-order valence-electron chi connectivity index (χ2n) is 5.50. The monoisotopic (exact) mass is 366 g/mol. The first kappa shape index (κ1) is 17.6. The molecule has 0 atom stereocenters. The molecule has 0 bridgehead atoms. The molecule has 0 spiro atoms. The molecule has 3 rings (SSSR count). The third-order valence-electron chi connectivity index (χ3n) is 3.84. The van der Waals surface area contributed by atoms with Crippen LogP contribution in [0.15, 0.2) is 35.1 Å². The lowest BCUT2D eigenvalue weighted by molar-refractivity contribution is -0.139. The van der Waals surface area contributed by atoms with Crippen molar-refractivity contribution >= 4 is 16.9 Å². The third kappa shape index (κ3) is 2.71. The van der Waals surface area contributed by atoms with Gasteiger partial charge in [0.15, 0.2) is 0 Å². The summed E-state index contributed by atoms with van der Waals surface area (Å²) in [6, 6.07) is 7.52. The number of fused-ring (bicyclic) bond motifs is 1. The molecule has 5 nitrogen and oxygen atoms in total. The molecule has 26 heavy (non-hydrogen) atoms. The van der Waals surface area contributed by atoms with Crippen molar-refractivity contribution in [1.82, 2.24) is 9.97 Å². The highest BCUT2D eigenvalue weighted by Crippen LogP contribution is 2.37. The van der Waals surface area contributed by atoms with E-state index in [1.54, 1.807) is 6.07 Å². The molecule has 0 fully saturated rings. The van der Waals surface area contributed by atoms with Gasteiger partial charge < -0.3 is 10.1 Å². The number of carbonyl (C=O) groups is 1. The smallest absolute Gasteiger partial charge is 0.422 e. The summed E-state index contributed by atoms with van der Waals surface area (Å²) in [5, 5.41) is 8.58. The number of hydrogen-bond donors (Lipinski definition) is 2. The van der Waals surface area contributed by atoms with Gasteiger partial charge in [-0.2, -0.15) is 17.6 Å². The van der Waals surface area contributed by atoms with Crippen LogP contribution in [-0.4, -0.2) is 21.0 Å². The molecule has 0 saturated carbocycles. The van der Waals surface area contributed by atoms with Gasteiger partial charge in [-0.15, -0.1) is 0 Å². The van der Waals surface area contributed by atoms with Gasteiger partial charge in [0, 0.05) is 11.3 Å². The number of alkyl halides is 3. The topological polar surface area (TPSA) is 83.0 Å². The molecule has 2 aromatic heterocycles. The van der Waals surface area contributed by atoms with Crippen molar-refractivity contribution in [3.8, 4) is 11.3 Å². The number of aryl methyl sites for hydroxylation is 1. The highest BCUT2D eigenvalue weighted by atomic mass is 19.4. The molecule has 2 N–H and O–H groups in total. The number of aromatic carboxylic acids is 1. The highest BCUT2D eigenvalue weighted by Gasteiger charge is 2.39. The van der Waals surface area contributed by atoms with Crippen LogP contribution in [0.25, 0.3) is 22.2 Å². The molecule has 0 aliphatic carbocycles. The molecule has 0 aliphatic rings. The minimum atomic E-state index is -5.13. The maximum atomic E-state index is 14.2. The number of rotatable bonds is 2. The number of benzene rings is 1.